The van der Waals surface area contributed by atoms with Gasteiger partial charge in [0.25, 0.3) is 5.91 Å². The summed E-state index contributed by atoms with van der Waals surface area (Å²) in [6, 6.07) is 12.7. The SMILES string of the molecule is CCCNC(=O)[C@H](C)NC(=O)c1cc(-c2cccs2)nc2ccccc12. The number of nitrogens with zero attached hydrogens (tertiary/aromatic N) is 1. The van der Waals surface area contributed by atoms with Crippen LogP contribution < -0.4 is 10.6 Å². The zero-order valence-corrected chi connectivity index (χ0v) is 15.6. The van der Waals surface area contributed by atoms with Gasteiger partial charge in [0, 0.05) is 11.9 Å². The molecule has 3 rings (SSSR count). The first-order valence-corrected chi connectivity index (χ1v) is 9.50. The predicted octanol–water partition coefficient (Wildman–Crippen LogP) is 3.61. The van der Waals surface area contributed by atoms with Gasteiger partial charge in [-0.1, -0.05) is 31.2 Å². The second kappa shape index (κ2) is 8.10. The Hall–Kier alpha value is -2.73. The second-order valence-electron chi connectivity index (χ2n) is 6.04. The number of hydrogen-bond acceptors (Lipinski definition) is 4. The molecule has 6 heteroatoms. The molecule has 3 aromatic rings. The molecule has 1 aromatic carbocycles. The highest BCUT2D eigenvalue weighted by Gasteiger charge is 2.19. The van der Waals surface area contributed by atoms with E-state index in [-0.39, 0.29) is 11.8 Å². The molecule has 2 amide bonds. The first kappa shape index (κ1) is 18.1. The summed E-state index contributed by atoms with van der Waals surface area (Å²) < 4.78 is 0. The molecular weight excluding hydrogens is 346 g/mol. The Morgan fingerprint density at radius 2 is 2.00 bits per heavy atom. The van der Waals surface area contributed by atoms with Gasteiger partial charge >= 0.3 is 0 Å². The molecule has 0 saturated carbocycles. The molecule has 26 heavy (non-hydrogen) atoms. The van der Waals surface area contributed by atoms with E-state index in [1.807, 2.05) is 48.7 Å². The minimum Gasteiger partial charge on any atom is -0.354 e. The van der Waals surface area contributed by atoms with Gasteiger partial charge in [0.15, 0.2) is 0 Å². The number of rotatable bonds is 6. The number of benzene rings is 1. The lowest BCUT2D eigenvalue weighted by molar-refractivity contribution is -0.122. The van der Waals surface area contributed by atoms with Crippen LogP contribution in [0.2, 0.25) is 0 Å². The van der Waals surface area contributed by atoms with E-state index < -0.39 is 6.04 Å². The number of amides is 2. The minimum absolute atomic E-state index is 0.183. The zero-order chi connectivity index (χ0) is 18.5. The van der Waals surface area contributed by atoms with E-state index in [4.69, 9.17) is 0 Å². The Labute approximate surface area is 156 Å². The number of carbonyl (C=O) groups is 2. The summed E-state index contributed by atoms with van der Waals surface area (Å²) in [7, 11) is 0. The third-order valence-corrected chi connectivity index (χ3v) is 4.92. The molecule has 0 aliphatic heterocycles. The molecule has 1 atom stereocenters. The lowest BCUT2D eigenvalue weighted by atomic mass is 10.1. The smallest absolute Gasteiger partial charge is 0.252 e. The fourth-order valence-electron chi connectivity index (χ4n) is 2.66. The Kier molecular flexibility index (Phi) is 5.63. The van der Waals surface area contributed by atoms with Crippen molar-refractivity contribution in [2.45, 2.75) is 26.3 Å². The molecule has 5 nitrogen and oxygen atoms in total. The maximum atomic E-state index is 12.9. The average Bonchev–Trinajstić information content (AvgIpc) is 3.19. The third kappa shape index (κ3) is 3.91. The van der Waals surface area contributed by atoms with Crippen LogP contribution in [0.15, 0.2) is 47.8 Å². The standard InChI is InChI=1S/C20H21N3O2S/c1-3-10-21-19(24)13(2)22-20(25)15-12-17(18-9-6-11-26-18)23-16-8-5-4-7-14(15)16/h4-9,11-13H,3,10H2,1-2H3,(H,21,24)(H,22,25)/t13-/m0/s1. The van der Waals surface area contributed by atoms with E-state index in [1.165, 1.54) is 0 Å². The highest BCUT2D eigenvalue weighted by molar-refractivity contribution is 7.13. The van der Waals surface area contributed by atoms with E-state index in [1.54, 1.807) is 24.3 Å². The molecule has 0 aliphatic carbocycles. The van der Waals surface area contributed by atoms with Crippen LogP contribution >= 0.6 is 11.3 Å². The molecule has 0 radical (unpaired) electrons. The van der Waals surface area contributed by atoms with Gasteiger partial charge in [-0.3, -0.25) is 9.59 Å². The lowest BCUT2D eigenvalue weighted by Crippen LogP contribution is -2.45. The van der Waals surface area contributed by atoms with Crippen LogP contribution in [0.1, 0.15) is 30.6 Å². The maximum absolute atomic E-state index is 12.9. The number of pyridine rings is 1. The summed E-state index contributed by atoms with van der Waals surface area (Å²) in [5.74, 6) is -0.461. The number of para-hydroxylation sites is 1. The van der Waals surface area contributed by atoms with Crippen LogP contribution in [-0.4, -0.2) is 29.4 Å². The topological polar surface area (TPSA) is 71.1 Å². The van der Waals surface area contributed by atoms with Gasteiger partial charge in [-0.25, -0.2) is 4.98 Å². The van der Waals surface area contributed by atoms with Crippen LogP contribution in [0.5, 0.6) is 0 Å². The molecule has 0 spiro atoms. The van der Waals surface area contributed by atoms with Gasteiger partial charge < -0.3 is 10.6 Å². The summed E-state index contributed by atoms with van der Waals surface area (Å²) in [5, 5.41) is 8.34. The Morgan fingerprint density at radius 3 is 2.73 bits per heavy atom. The molecule has 0 saturated heterocycles. The van der Waals surface area contributed by atoms with Crippen molar-refractivity contribution in [1.29, 1.82) is 0 Å². The molecule has 2 aromatic heterocycles. The number of thiophene rings is 1. The molecule has 0 unspecified atom stereocenters. The number of hydrogen-bond donors (Lipinski definition) is 2. The summed E-state index contributed by atoms with van der Waals surface area (Å²) >= 11 is 1.57. The van der Waals surface area contributed by atoms with Crippen molar-refractivity contribution in [3.05, 3.63) is 53.4 Å². The fourth-order valence-corrected chi connectivity index (χ4v) is 3.34. The predicted molar refractivity (Wildman–Crippen MR) is 105 cm³/mol. The molecule has 2 heterocycles. The van der Waals surface area contributed by atoms with Gasteiger partial charge in [-0.2, -0.15) is 0 Å². The van der Waals surface area contributed by atoms with Crippen molar-refractivity contribution in [1.82, 2.24) is 15.6 Å². The van der Waals surface area contributed by atoms with Crippen molar-refractivity contribution >= 4 is 34.1 Å². The molecule has 134 valence electrons. The quantitative estimate of drug-likeness (QED) is 0.699. The lowest BCUT2D eigenvalue weighted by Gasteiger charge is -2.15. The largest absolute Gasteiger partial charge is 0.354 e. The minimum atomic E-state index is -0.605. The first-order chi connectivity index (χ1) is 12.6. The number of fused-ring (bicyclic) bond motifs is 1. The van der Waals surface area contributed by atoms with Crippen LogP contribution in [0, 0.1) is 0 Å². The number of carbonyl (C=O) groups excluding carboxylic acids is 2. The third-order valence-electron chi connectivity index (χ3n) is 4.02. The van der Waals surface area contributed by atoms with Crippen LogP contribution in [-0.2, 0) is 4.79 Å². The molecule has 0 bridgehead atoms. The fraction of sp³-hybridized carbons (Fsp3) is 0.250. The number of nitrogens with one attached hydrogen (secondary N) is 2. The molecule has 0 aliphatic rings. The van der Waals surface area contributed by atoms with Crippen molar-refractivity contribution in [2.75, 3.05) is 6.54 Å². The van der Waals surface area contributed by atoms with Gasteiger partial charge in [-0.05, 0) is 36.9 Å². The van der Waals surface area contributed by atoms with Crippen LogP contribution in [0.3, 0.4) is 0 Å². The van der Waals surface area contributed by atoms with E-state index in [0.29, 0.717) is 12.1 Å². The summed E-state index contributed by atoms with van der Waals surface area (Å²) in [6.45, 7) is 4.27. The van der Waals surface area contributed by atoms with Gasteiger partial charge in [-0.15, -0.1) is 11.3 Å². The van der Waals surface area contributed by atoms with E-state index in [0.717, 1.165) is 27.9 Å². The van der Waals surface area contributed by atoms with E-state index in [9.17, 15) is 9.59 Å². The van der Waals surface area contributed by atoms with Gasteiger partial charge in [0.2, 0.25) is 5.91 Å². The second-order valence-corrected chi connectivity index (χ2v) is 6.98. The highest BCUT2D eigenvalue weighted by Crippen LogP contribution is 2.27. The van der Waals surface area contributed by atoms with Crippen molar-refractivity contribution in [3.63, 3.8) is 0 Å². The molecular formula is C20H21N3O2S. The molecule has 0 fully saturated rings. The summed E-state index contributed by atoms with van der Waals surface area (Å²) in [5.41, 5.74) is 2.03. The summed E-state index contributed by atoms with van der Waals surface area (Å²) in [6.07, 6.45) is 0.853. The Bertz CT molecular complexity index is 922. The van der Waals surface area contributed by atoms with E-state index >= 15 is 0 Å². The Balaban J connectivity index is 1.93. The van der Waals surface area contributed by atoms with Gasteiger partial charge in [0.1, 0.15) is 6.04 Å². The average molecular weight is 367 g/mol. The molecule has 2 N–H and O–H groups in total. The normalized spacial score (nSPS) is 11.9. The van der Waals surface area contributed by atoms with Crippen LogP contribution in [0.25, 0.3) is 21.5 Å². The Morgan fingerprint density at radius 1 is 1.19 bits per heavy atom. The van der Waals surface area contributed by atoms with Crippen molar-refractivity contribution in [2.24, 2.45) is 0 Å². The summed E-state index contributed by atoms with van der Waals surface area (Å²) in [4.78, 5) is 30.6. The highest BCUT2D eigenvalue weighted by atomic mass is 32.1. The number of aromatic nitrogens is 1. The van der Waals surface area contributed by atoms with Crippen molar-refractivity contribution < 1.29 is 9.59 Å². The van der Waals surface area contributed by atoms with Gasteiger partial charge in [0.05, 0.1) is 21.7 Å². The monoisotopic (exact) mass is 367 g/mol. The van der Waals surface area contributed by atoms with E-state index in [2.05, 4.69) is 15.6 Å². The zero-order valence-electron chi connectivity index (χ0n) is 14.8. The maximum Gasteiger partial charge on any atom is 0.252 e. The van der Waals surface area contributed by atoms with Crippen molar-refractivity contribution in [3.8, 4) is 10.6 Å². The van der Waals surface area contributed by atoms with Crippen LogP contribution in [0.4, 0.5) is 0 Å². The first-order valence-electron chi connectivity index (χ1n) is 8.62.